The molecule has 1 aromatic rings. The number of amides is 3. The van der Waals surface area contributed by atoms with Crippen LogP contribution in [0.5, 0.6) is 11.5 Å². The highest BCUT2D eigenvalue weighted by atomic mass is 16.5. The molecule has 0 spiro atoms. The highest BCUT2D eigenvalue weighted by molar-refractivity contribution is 5.96. The van der Waals surface area contributed by atoms with Gasteiger partial charge in [0.15, 0.2) is 17.5 Å². The van der Waals surface area contributed by atoms with Crippen molar-refractivity contribution in [3.63, 3.8) is 0 Å². The van der Waals surface area contributed by atoms with E-state index in [2.05, 4.69) is 10.6 Å². The highest BCUT2D eigenvalue weighted by Gasteiger charge is 2.26. The van der Waals surface area contributed by atoms with Gasteiger partial charge in [-0.25, -0.2) is 4.79 Å². The second-order valence-electron chi connectivity index (χ2n) is 7.32. The molecule has 1 unspecified atom stereocenters. The largest absolute Gasteiger partial charge is 0.493 e. The summed E-state index contributed by atoms with van der Waals surface area (Å²) in [5, 5.41) is 5.35. The quantitative estimate of drug-likeness (QED) is 0.666. The zero-order valence-electron chi connectivity index (χ0n) is 17.0. The van der Waals surface area contributed by atoms with E-state index in [1.165, 1.54) is 0 Å². The minimum atomic E-state index is -0.395. The normalized spacial score (nSPS) is 16.5. The molecule has 0 bridgehead atoms. The van der Waals surface area contributed by atoms with Crippen LogP contribution in [0.3, 0.4) is 0 Å². The molecule has 0 radical (unpaired) electrons. The van der Waals surface area contributed by atoms with Crippen LogP contribution in [-0.4, -0.2) is 45.3 Å². The van der Waals surface area contributed by atoms with Crippen molar-refractivity contribution in [2.75, 3.05) is 21.3 Å². The number of carbonyl (C=O) groups excluding carboxylic acids is 2. The van der Waals surface area contributed by atoms with Crippen LogP contribution in [0.4, 0.5) is 4.79 Å². The maximum absolute atomic E-state index is 12.4. The fraction of sp³-hybridized carbons (Fsp3) is 0.600. The van der Waals surface area contributed by atoms with Crippen molar-refractivity contribution in [1.82, 2.24) is 10.6 Å². The average molecular weight is 378 g/mol. The van der Waals surface area contributed by atoms with Crippen molar-refractivity contribution in [2.24, 2.45) is 0 Å². The lowest BCUT2D eigenvalue weighted by molar-refractivity contribution is -0.908. The van der Waals surface area contributed by atoms with Gasteiger partial charge in [0, 0.05) is 11.6 Å². The van der Waals surface area contributed by atoms with Gasteiger partial charge in [0.2, 0.25) is 0 Å². The monoisotopic (exact) mass is 378 g/mol. The molecule has 7 nitrogen and oxygen atoms in total. The molecular weight excluding hydrogens is 346 g/mol. The number of quaternary nitrogens is 1. The number of ether oxygens (including phenoxy) is 2. The molecule has 1 aliphatic rings. The standard InChI is InChI=1S/C20H31N3O4/c1-13-10-17(26-4)18(27-5)11-15(13)12-23(3)14(2)19(24)22-20(25)21-16-8-6-7-9-16/h10-11,14,16H,6-9,12H2,1-5H3,(H2,21,22,24,25)/p+1/t14-/m0/s1. The number of hydrogen-bond acceptors (Lipinski definition) is 4. The van der Waals surface area contributed by atoms with Gasteiger partial charge >= 0.3 is 6.03 Å². The van der Waals surface area contributed by atoms with Crippen molar-refractivity contribution < 1.29 is 24.0 Å². The third-order valence-corrected chi connectivity index (χ3v) is 5.37. The summed E-state index contributed by atoms with van der Waals surface area (Å²) < 4.78 is 10.7. The van der Waals surface area contributed by atoms with E-state index in [0.29, 0.717) is 18.0 Å². The number of methoxy groups -OCH3 is 2. The Morgan fingerprint density at radius 3 is 2.37 bits per heavy atom. The molecule has 1 aliphatic carbocycles. The Morgan fingerprint density at radius 2 is 1.78 bits per heavy atom. The molecule has 2 rings (SSSR count). The van der Waals surface area contributed by atoms with Crippen molar-refractivity contribution in [2.45, 2.75) is 58.2 Å². The summed E-state index contributed by atoms with van der Waals surface area (Å²) in [5.41, 5.74) is 2.14. The lowest BCUT2D eigenvalue weighted by atomic mass is 10.1. The molecule has 0 saturated heterocycles. The first-order chi connectivity index (χ1) is 12.8. The number of imide groups is 1. The van der Waals surface area contributed by atoms with Crippen molar-refractivity contribution in [1.29, 1.82) is 0 Å². The maximum Gasteiger partial charge on any atom is 0.321 e. The summed E-state index contributed by atoms with van der Waals surface area (Å²) in [7, 11) is 5.15. The Hall–Kier alpha value is -2.28. The Bertz CT molecular complexity index is 671. The van der Waals surface area contributed by atoms with Crippen LogP contribution in [0, 0.1) is 6.92 Å². The molecule has 1 saturated carbocycles. The second kappa shape index (κ2) is 9.60. The molecule has 150 valence electrons. The van der Waals surface area contributed by atoms with Gasteiger partial charge in [0.1, 0.15) is 6.54 Å². The van der Waals surface area contributed by atoms with E-state index in [0.717, 1.165) is 41.7 Å². The van der Waals surface area contributed by atoms with E-state index >= 15 is 0 Å². The molecule has 2 atom stereocenters. The fourth-order valence-electron chi connectivity index (χ4n) is 3.40. The lowest BCUT2D eigenvalue weighted by Crippen LogP contribution is -3.12. The Balaban J connectivity index is 1.95. The summed E-state index contributed by atoms with van der Waals surface area (Å²) in [6, 6.07) is 3.30. The summed E-state index contributed by atoms with van der Waals surface area (Å²) >= 11 is 0. The van der Waals surface area contributed by atoms with Gasteiger partial charge in [0.25, 0.3) is 5.91 Å². The van der Waals surface area contributed by atoms with Gasteiger partial charge in [-0.1, -0.05) is 12.8 Å². The summed E-state index contributed by atoms with van der Waals surface area (Å²) in [5.74, 6) is 1.07. The molecule has 0 aliphatic heterocycles. The molecule has 1 fully saturated rings. The molecule has 3 N–H and O–H groups in total. The number of carbonyl (C=O) groups is 2. The minimum Gasteiger partial charge on any atom is -0.493 e. The zero-order valence-corrected chi connectivity index (χ0v) is 17.0. The van der Waals surface area contributed by atoms with Crippen LogP contribution in [0.1, 0.15) is 43.7 Å². The van der Waals surface area contributed by atoms with E-state index in [-0.39, 0.29) is 18.0 Å². The van der Waals surface area contributed by atoms with Crippen molar-refractivity contribution in [3.05, 3.63) is 23.3 Å². The molecule has 1 aromatic carbocycles. The molecule has 0 aromatic heterocycles. The SMILES string of the molecule is COc1cc(C)c(C[NH+](C)[C@@H](C)C(=O)NC(=O)NC2CCCC2)cc1OC. The van der Waals surface area contributed by atoms with E-state index in [1.807, 2.05) is 33.0 Å². The maximum atomic E-state index is 12.4. The van der Waals surface area contributed by atoms with Crippen LogP contribution in [0.15, 0.2) is 12.1 Å². The van der Waals surface area contributed by atoms with Gasteiger partial charge in [-0.05, 0) is 44.4 Å². The van der Waals surface area contributed by atoms with Crippen LogP contribution >= 0.6 is 0 Å². The third-order valence-electron chi connectivity index (χ3n) is 5.37. The Morgan fingerprint density at radius 1 is 1.19 bits per heavy atom. The predicted octanol–water partition coefficient (Wildman–Crippen LogP) is 1.18. The summed E-state index contributed by atoms with van der Waals surface area (Å²) in [6.07, 6.45) is 4.24. The molecule has 0 heterocycles. The van der Waals surface area contributed by atoms with Gasteiger partial charge < -0.3 is 19.7 Å². The highest BCUT2D eigenvalue weighted by Crippen LogP contribution is 2.29. The summed E-state index contributed by atoms with van der Waals surface area (Å²) in [4.78, 5) is 25.4. The Labute approximate surface area is 161 Å². The number of urea groups is 1. The van der Waals surface area contributed by atoms with Crippen LogP contribution in [0.25, 0.3) is 0 Å². The van der Waals surface area contributed by atoms with Gasteiger partial charge in [0.05, 0.1) is 21.3 Å². The lowest BCUT2D eigenvalue weighted by Gasteiger charge is -2.22. The van der Waals surface area contributed by atoms with Gasteiger partial charge in [-0.2, -0.15) is 0 Å². The van der Waals surface area contributed by atoms with Crippen LogP contribution in [-0.2, 0) is 11.3 Å². The van der Waals surface area contributed by atoms with Gasteiger partial charge in [-0.15, -0.1) is 0 Å². The summed E-state index contributed by atoms with van der Waals surface area (Å²) in [6.45, 7) is 4.46. The first-order valence-corrected chi connectivity index (χ1v) is 9.50. The van der Waals surface area contributed by atoms with Crippen molar-refractivity contribution >= 4 is 11.9 Å². The fourth-order valence-corrected chi connectivity index (χ4v) is 3.40. The van der Waals surface area contributed by atoms with E-state index in [9.17, 15) is 9.59 Å². The van der Waals surface area contributed by atoms with E-state index in [4.69, 9.17) is 9.47 Å². The number of nitrogens with one attached hydrogen (secondary N) is 3. The topological polar surface area (TPSA) is 81.1 Å². The minimum absolute atomic E-state index is 0.188. The number of aryl methyl sites for hydroxylation is 1. The first-order valence-electron chi connectivity index (χ1n) is 9.50. The molecule has 3 amide bonds. The number of rotatable bonds is 7. The van der Waals surface area contributed by atoms with Crippen molar-refractivity contribution in [3.8, 4) is 11.5 Å². The van der Waals surface area contributed by atoms with E-state index < -0.39 is 6.03 Å². The second-order valence-corrected chi connectivity index (χ2v) is 7.32. The predicted molar refractivity (Wildman–Crippen MR) is 103 cm³/mol. The molecular formula is C20H32N3O4+. The third kappa shape index (κ3) is 5.60. The smallest absolute Gasteiger partial charge is 0.321 e. The van der Waals surface area contributed by atoms with Crippen LogP contribution < -0.4 is 25.0 Å². The first kappa shape index (κ1) is 21.0. The number of hydrogen-bond donors (Lipinski definition) is 3. The van der Waals surface area contributed by atoms with Gasteiger partial charge in [-0.3, -0.25) is 10.1 Å². The number of benzene rings is 1. The van der Waals surface area contributed by atoms with Crippen LogP contribution in [0.2, 0.25) is 0 Å². The van der Waals surface area contributed by atoms with E-state index in [1.54, 1.807) is 14.2 Å². The molecule has 7 heteroatoms. The Kier molecular flexibility index (Phi) is 7.47. The number of likely N-dealkylation sites (N-methyl/N-ethyl adjacent to an activating group) is 1. The average Bonchev–Trinajstić information content (AvgIpc) is 3.14. The molecule has 27 heavy (non-hydrogen) atoms. The zero-order chi connectivity index (χ0) is 20.0.